The molecular formula is C18H22N6O4S. The van der Waals surface area contributed by atoms with Crippen LogP contribution in [-0.4, -0.2) is 69.3 Å². The van der Waals surface area contributed by atoms with Gasteiger partial charge in [-0.15, -0.1) is 5.10 Å². The van der Waals surface area contributed by atoms with Crippen molar-refractivity contribution in [2.45, 2.75) is 18.5 Å². The number of aryl methyl sites for hydroxylation is 1. The minimum Gasteiger partial charge on any atom is -0.477 e. The van der Waals surface area contributed by atoms with E-state index in [0.29, 0.717) is 41.7 Å². The molecule has 1 aromatic heterocycles. The van der Waals surface area contributed by atoms with Crippen LogP contribution in [0.5, 0.6) is 0 Å². The second kappa shape index (κ2) is 9.05. The van der Waals surface area contributed by atoms with E-state index in [0.717, 1.165) is 24.9 Å². The van der Waals surface area contributed by atoms with Crippen molar-refractivity contribution in [1.29, 1.82) is 0 Å². The number of aromatic amines is 1. The lowest BCUT2D eigenvalue weighted by molar-refractivity contribution is -0.384. The fraction of sp³-hybridized carbons (Fsp3) is 0.389. The molecule has 0 spiro atoms. The van der Waals surface area contributed by atoms with Gasteiger partial charge < -0.3 is 14.9 Å². The van der Waals surface area contributed by atoms with Crippen molar-refractivity contribution in [1.82, 2.24) is 20.1 Å². The van der Waals surface area contributed by atoms with Gasteiger partial charge in [-0.3, -0.25) is 15.2 Å². The van der Waals surface area contributed by atoms with Gasteiger partial charge in [0.15, 0.2) is 0 Å². The molecular weight excluding hydrogens is 396 g/mol. The zero-order chi connectivity index (χ0) is 21.0. The summed E-state index contributed by atoms with van der Waals surface area (Å²) in [6, 6.07) is 4.79. The Morgan fingerprint density at radius 1 is 1.38 bits per heavy atom. The van der Waals surface area contributed by atoms with Crippen LogP contribution in [0.15, 0.2) is 28.3 Å². The molecule has 0 bridgehead atoms. The molecule has 2 aromatic rings. The van der Waals surface area contributed by atoms with Gasteiger partial charge in [0.05, 0.1) is 4.92 Å². The van der Waals surface area contributed by atoms with Crippen molar-refractivity contribution in [2.24, 2.45) is 0 Å². The summed E-state index contributed by atoms with van der Waals surface area (Å²) in [5.41, 5.74) is 0.946. The number of nitro benzene ring substituents is 1. The van der Waals surface area contributed by atoms with E-state index in [4.69, 9.17) is 0 Å². The lowest BCUT2D eigenvalue weighted by Gasteiger charge is -2.33. The summed E-state index contributed by atoms with van der Waals surface area (Å²) in [6.07, 6.45) is 2.05. The van der Waals surface area contributed by atoms with E-state index in [1.54, 1.807) is 12.1 Å². The Labute approximate surface area is 171 Å². The Kier molecular flexibility index (Phi) is 6.49. The topological polar surface area (TPSA) is 128 Å². The quantitative estimate of drug-likeness (QED) is 0.301. The van der Waals surface area contributed by atoms with Gasteiger partial charge in [0, 0.05) is 38.7 Å². The number of anilines is 1. The van der Waals surface area contributed by atoms with E-state index in [2.05, 4.69) is 20.1 Å². The highest BCUT2D eigenvalue weighted by Gasteiger charge is 2.23. The number of carboxylic acid groups (broad SMARTS) is 1. The highest BCUT2D eigenvalue weighted by atomic mass is 32.2. The Bertz CT molecular complexity index is 936. The van der Waals surface area contributed by atoms with Crippen molar-refractivity contribution >= 4 is 35.2 Å². The summed E-state index contributed by atoms with van der Waals surface area (Å²) in [5, 5.41) is 28.2. The molecule has 1 saturated heterocycles. The minimum absolute atomic E-state index is 0.0201. The molecule has 2 N–H and O–H groups in total. The molecule has 0 aliphatic carbocycles. The monoisotopic (exact) mass is 418 g/mol. The summed E-state index contributed by atoms with van der Waals surface area (Å²) in [5.74, 6) is -0.493. The first-order valence-corrected chi connectivity index (χ1v) is 9.95. The molecule has 0 saturated carbocycles. The number of nitrogens with one attached hydrogen (secondary N) is 1. The van der Waals surface area contributed by atoms with Gasteiger partial charge in [0.2, 0.25) is 5.16 Å². The fourth-order valence-electron chi connectivity index (χ4n) is 2.96. The molecule has 0 radical (unpaired) electrons. The van der Waals surface area contributed by atoms with Gasteiger partial charge in [-0.1, -0.05) is 13.0 Å². The number of hydrogen-bond donors (Lipinski definition) is 2. The average Bonchev–Trinajstić information content (AvgIpc) is 3.15. The van der Waals surface area contributed by atoms with E-state index in [1.807, 2.05) is 18.9 Å². The maximum Gasteiger partial charge on any atom is 0.342 e. The first-order chi connectivity index (χ1) is 13.9. The van der Waals surface area contributed by atoms with Crippen LogP contribution < -0.4 is 4.90 Å². The van der Waals surface area contributed by atoms with Crippen molar-refractivity contribution in [3.05, 3.63) is 44.6 Å². The number of aromatic nitrogens is 3. The molecule has 10 nitrogen and oxygen atoms in total. The van der Waals surface area contributed by atoms with Crippen LogP contribution in [0.3, 0.4) is 0 Å². The third-order valence-electron chi connectivity index (χ3n) is 4.60. The molecule has 0 atom stereocenters. The number of nitrogens with zero attached hydrogens (tertiary/aromatic N) is 5. The average molecular weight is 418 g/mol. The second-order valence-corrected chi connectivity index (χ2v) is 7.64. The van der Waals surface area contributed by atoms with Crippen LogP contribution in [0.2, 0.25) is 0 Å². The largest absolute Gasteiger partial charge is 0.477 e. The number of H-pyrrole nitrogens is 1. The van der Waals surface area contributed by atoms with Crippen molar-refractivity contribution < 1.29 is 14.8 Å². The Morgan fingerprint density at radius 3 is 2.69 bits per heavy atom. The Balaban J connectivity index is 1.88. The first-order valence-electron chi connectivity index (χ1n) is 9.13. The van der Waals surface area contributed by atoms with E-state index in [9.17, 15) is 20.0 Å². The maximum absolute atomic E-state index is 11.6. The molecule has 29 heavy (non-hydrogen) atoms. The van der Waals surface area contributed by atoms with Crippen LogP contribution in [0.1, 0.15) is 18.3 Å². The highest BCUT2D eigenvalue weighted by Crippen LogP contribution is 2.32. The SMILES string of the molecule is CCc1nc(S/C(=C/c2ccc(N3CCN(C)CC3)c([N+](=O)[O-])c2)C(=O)O)n[nH]1. The van der Waals surface area contributed by atoms with E-state index < -0.39 is 10.9 Å². The van der Waals surface area contributed by atoms with Crippen molar-refractivity contribution in [3.8, 4) is 0 Å². The number of likely N-dealkylation sites (N-methyl/N-ethyl adjacent to an activating group) is 1. The van der Waals surface area contributed by atoms with E-state index in [-0.39, 0.29) is 10.6 Å². The predicted molar refractivity (Wildman–Crippen MR) is 110 cm³/mol. The van der Waals surface area contributed by atoms with Gasteiger partial charge in [-0.2, -0.15) is 0 Å². The van der Waals surface area contributed by atoms with Crippen LogP contribution >= 0.6 is 11.8 Å². The molecule has 1 aliphatic heterocycles. The Morgan fingerprint density at radius 2 is 2.10 bits per heavy atom. The van der Waals surface area contributed by atoms with Crippen LogP contribution in [0.4, 0.5) is 11.4 Å². The van der Waals surface area contributed by atoms with Crippen LogP contribution in [0, 0.1) is 10.1 Å². The number of hydrogen-bond acceptors (Lipinski definition) is 8. The number of thioether (sulfide) groups is 1. The number of carboxylic acids is 1. The van der Waals surface area contributed by atoms with Crippen molar-refractivity contribution in [2.75, 3.05) is 38.1 Å². The molecule has 3 rings (SSSR count). The van der Waals surface area contributed by atoms with Gasteiger partial charge in [-0.05, 0) is 36.5 Å². The molecule has 1 fully saturated rings. The summed E-state index contributed by atoms with van der Waals surface area (Å²) in [6.45, 7) is 4.97. The molecule has 0 unspecified atom stereocenters. The number of benzene rings is 1. The Hall–Kier alpha value is -2.92. The first kappa shape index (κ1) is 20.8. The van der Waals surface area contributed by atoms with Gasteiger partial charge in [-0.25, -0.2) is 9.78 Å². The summed E-state index contributed by atoms with van der Waals surface area (Å²) in [7, 11) is 2.02. The second-order valence-electron chi connectivity index (χ2n) is 6.63. The third-order valence-corrected chi connectivity index (χ3v) is 5.47. The number of nitro groups is 1. The molecule has 11 heteroatoms. The van der Waals surface area contributed by atoms with Gasteiger partial charge >= 0.3 is 5.97 Å². The summed E-state index contributed by atoms with van der Waals surface area (Å²) in [4.78, 5) is 31.2. The minimum atomic E-state index is -1.15. The molecule has 1 aromatic carbocycles. The van der Waals surface area contributed by atoms with Crippen molar-refractivity contribution in [3.63, 3.8) is 0 Å². The van der Waals surface area contributed by atoms with Gasteiger partial charge in [0.25, 0.3) is 5.69 Å². The van der Waals surface area contributed by atoms with Crippen LogP contribution in [-0.2, 0) is 11.2 Å². The highest BCUT2D eigenvalue weighted by molar-refractivity contribution is 8.04. The maximum atomic E-state index is 11.6. The number of aliphatic carboxylic acids is 1. The molecule has 154 valence electrons. The van der Waals surface area contributed by atoms with Crippen LogP contribution in [0.25, 0.3) is 6.08 Å². The predicted octanol–water partition coefficient (Wildman–Crippen LogP) is 2.24. The number of carbonyl (C=O) groups is 1. The third kappa shape index (κ3) is 5.12. The fourth-order valence-corrected chi connectivity index (χ4v) is 3.68. The smallest absolute Gasteiger partial charge is 0.342 e. The molecule has 0 amide bonds. The van der Waals surface area contributed by atoms with Gasteiger partial charge in [0.1, 0.15) is 16.4 Å². The standard InChI is InChI=1S/C18H22N6O4S/c1-3-16-19-18(21-20-16)29-15(17(25)26)11-12-4-5-13(14(10-12)24(27)28)23-8-6-22(2)7-9-23/h4-5,10-11H,3,6-9H2,1-2H3,(H,25,26)(H,19,20,21)/b15-11+. The zero-order valence-electron chi connectivity index (χ0n) is 16.2. The summed E-state index contributed by atoms with van der Waals surface area (Å²) < 4.78 is 0. The zero-order valence-corrected chi connectivity index (χ0v) is 17.0. The molecule has 1 aliphatic rings. The number of rotatable bonds is 7. The summed E-state index contributed by atoms with van der Waals surface area (Å²) >= 11 is 0.897. The number of piperazine rings is 1. The lowest BCUT2D eigenvalue weighted by atomic mass is 10.1. The van der Waals surface area contributed by atoms with E-state index in [1.165, 1.54) is 12.1 Å². The lowest BCUT2D eigenvalue weighted by Crippen LogP contribution is -2.44. The molecule has 2 heterocycles. The van der Waals surface area contributed by atoms with E-state index >= 15 is 0 Å². The normalized spacial score (nSPS) is 15.5.